The van der Waals surface area contributed by atoms with Gasteiger partial charge in [0.25, 0.3) is 0 Å². The molecule has 0 aromatic heterocycles. The van der Waals surface area contributed by atoms with E-state index in [-0.39, 0.29) is 0 Å². The van der Waals surface area contributed by atoms with Crippen molar-refractivity contribution in [1.29, 1.82) is 0 Å². The summed E-state index contributed by atoms with van der Waals surface area (Å²) in [7, 11) is 0. The number of unbranched alkanes of at least 4 members (excludes halogenated alkanes) is 6. The largest absolute Gasteiger partial charge is 0.0654 e. The zero-order valence-corrected chi connectivity index (χ0v) is 15.0. The first-order valence-electron chi connectivity index (χ1n) is 9.64. The molecular weight excluding hydrogens is 240 g/mol. The lowest BCUT2D eigenvalue weighted by Crippen LogP contribution is -2.14. The molecule has 0 bridgehead atoms. The summed E-state index contributed by atoms with van der Waals surface area (Å²) in [6.07, 6.45) is 19.8. The van der Waals surface area contributed by atoms with Crippen LogP contribution in [0.2, 0.25) is 0 Å². The molecule has 0 amide bonds. The highest BCUT2D eigenvalue weighted by Crippen LogP contribution is 2.34. The minimum Gasteiger partial charge on any atom is -0.0654 e. The van der Waals surface area contributed by atoms with E-state index in [1.54, 1.807) is 0 Å². The molecule has 0 rings (SSSR count). The highest BCUT2D eigenvalue weighted by atomic mass is 14.3. The van der Waals surface area contributed by atoms with Crippen LogP contribution in [-0.2, 0) is 0 Å². The van der Waals surface area contributed by atoms with Gasteiger partial charge < -0.3 is 0 Å². The highest BCUT2D eigenvalue weighted by Gasteiger charge is 2.20. The Morgan fingerprint density at radius 1 is 0.550 bits per heavy atom. The summed E-state index contributed by atoms with van der Waals surface area (Å²) in [6, 6.07) is 0. The van der Waals surface area contributed by atoms with E-state index in [4.69, 9.17) is 0 Å². The Kier molecular flexibility index (Phi) is 15.4. The van der Waals surface area contributed by atoms with Gasteiger partial charge in [-0.3, -0.25) is 0 Å². The van der Waals surface area contributed by atoms with Crippen LogP contribution in [0.3, 0.4) is 0 Å². The van der Waals surface area contributed by atoms with Crippen molar-refractivity contribution in [2.45, 2.75) is 118 Å². The van der Waals surface area contributed by atoms with Crippen LogP contribution in [0.25, 0.3) is 0 Å². The van der Waals surface area contributed by atoms with Gasteiger partial charge in [0.2, 0.25) is 0 Å². The van der Waals surface area contributed by atoms with E-state index < -0.39 is 0 Å². The first-order chi connectivity index (χ1) is 9.79. The Morgan fingerprint density at radius 2 is 0.950 bits per heavy atom. The van der Waals surface area contributed by atoms with Gasteiger partial charge in [-0.25, -0.2) is 0 Å². The lowest BCUT2D eigenvalue weighted by Gasteiger charge is -2.27. The van der Waals surface area contributed by atoms with E-state index in [2.05, 4.69) is 27.7 Å². The maximum atomic E-state index is 2.34. The van der Waals surface area contributed by atoms with Gasteiger partial charge in [-0.1, -0.05) is 91.9 Å². The van der Waals surface area contributed by atoms with E-state index >= 15 is 0 Å². The summed E-state index contributed by atoms with van der Waals surface area (Å²) in [5.41, 5.74) is 0. The van der Waals surface area contributed by atoms with Crippen molar-refractivity contribution in [3.63, 3.8) is 0 Å². The molecule has 0 heterocycles. The summed E-state index contributed by atoms with van der Waals surface area (Å²) >= 11 is 0. The lowest BCUT2D eigenvalue weighted by molar-refractivity contribution is 0.383. The quantitative estimate of drug-likeness (QED) is 0.269. The molecule has 0 saturated heterocycles. The second-order valence-corrected chi connectivity index (χ2v) is 6.55. The molecule has 0 N–H and O–H groups in total. The van der Waals surface area contributed by atoms with Crippen LogP contribution in [0.15, 0.2) is 0 Å². The van der Waals surface area contributed by atoms with E-state index in [9.17, 15) is 0 Å². The third-order valence-electron chi connectivity index (χ3n) is 4.59. The van der Waals surface area contributed by atoms with Crippen molar-refractivity contribution in [3.8, 4) is 0 Å². The fourth-order valence-electron chi connectivity index (χ4n) is 3.19. The number of hydrogen-bond acceptors (Lipinski definition) is 0. The van der Waals surface area contributed by atoms with Crippen LogP contribution in [0.4, 0.5) is 0 Å². The normalized spacial score (nSPS) is 11.7. The monoisotopic (exact) mass is 281 g/mol. The van der Waals surface area contributed by atoms with E-state index in [1.807, 2.05) is 5.92 Å². The van der Waals surface area contributed by atoms with Gasteiger partial charge in [0, 0.05) is 0 Å². The molecule has 0 nitrogen and oxygen atoms in total. The molecule has 0 aliphatic rings. The van der Waals surface area contributed by atoms with Crippen LogP contribution in [0, 0.1) is 11.8 Å². The SMILES string of the molecule is CCCCC[C](CCCCC)C(CCCC)CCCC. The maximum absolute atomic E-state index is 2.34. The van der Waals surface area contributed by atoms with Crippen LogP contribution < -0.4 is 0 Å². The molecule has 0 aromatic rings. The number of rotatable bonds is 15. The molecule has 1 radical (unpaired) electrons. The van der Waals surface area contributed by atoms with Gasteiger partial charge in [0.15, 0.2) is 0 Å². The van der Waals surface area contributed by atoms with Crippen molar-refractivity contribution in [3.05, 3.63) is 5.92 Å². The van der Waals surface area contributed by atoms with Crippen molar-refractivity contribution in [1.82, 2.24) is 0 Å². The molecule has 0 atom stereocenters. The van der Waals surface area contributed by atoms with Gasteiger partial charge in [-0.15, -0.1) is 0 Å². The third-order valence-corrected chi connectivity index (χ3v) is 4.59. The van der Waals surface area contributed by atoms with Crippen LogP contribution in [0.1, 0.15) is 118 Å². The molecule has 20 heavy (non-hydrogen) atoms. The van der Waals surface area contributed by atoms with Gasteiger partial charge >= 0.3 is 0 Å². The summed E-state index contributed by atoms with van der Waals surface area (Å²) in [4.78, 5) is 0. The van der Waals surface area contributed by atoms with Crippen molar-refractivity contribution >= 4 is 0 Å². The van der Waals surface area contributed by atoms with E-state index in [0.717, 1.165) is 5.92 Å². The number of hydrogen-bond donors (Lipinski definition) is 0. The fraction of sp³-hybridized carbons (Fsp3) is 0.950. The van der Waals surface area contributed by atoms with E-state index in [0.29, 0.717) is 0 Å². The Morgan fingerprint density at radius 3 is 1.30 bits per heavy atom. The molecule has 0 fully saturated rings. The predicted molar refractivity (Wildman–Crippen MR) is 94.1 cm³/mol. The van der Waals surface area contributed by atoms with Crippen LogP contribution in [0.5, 0.6) is 0 Å². The van der Waals surface area contributed by atoms with Gasteiger partial charge in [0.05, 0.1) is 0 Å². The molecule has 0 aliphatic heterocycles. The average Bonchev–Trinajstić information content (AvgIpc) is 2.46. The first-order valence-corrected chi connectivity index (χ1v) is 9.64. The van der Waals surface area contributed by atoms with Crippen molar-refractivity contribution < 1.29 is 0 Å². The molecular formula is C20H41. The highest BCUT2D eigenvalue weighted by molar-refractivity contribution is 4.96. The lowest BCUT2D eigenvalue weighted by atomic mass is 9.78. The maximum Gasteiger partial charge on any atom is -0.0210 e. The molecule has 0 aromatic carbocycles. The smallest absolute Gasteiger partial charge is 0.0210 e. The summed E-state index contributed by atoms with van der Waals surface area (Å²) in [5, 5.41) is 0. The second kappa shape index (κ2) is 15.4. The van der Waals surface area contributed by atoms with Crippen molar-refractivity contribution in [2.75, 3.05) is 0 Å². The molecule has 0 heteroatoms. The second-order valence-electron chi connectivity index (χ2n) is 6.55. The average molecular weight is 282 g/mol. The molecule has 0 unspecified atom stereocenters. The fourth-order valence-corrected chi connectivity index (χ4v) is 3.19. The van der Waals surface area contributed by atoms with Gasteiger partial charge in [0.1, 0.15) is 0 Å². The predicted octanol–water partition coefficient (Wildman–Crippen LogP) is 7.72. The minimum absolute atomic E-state index is 0.948. The van der Waals surface area contributed by atoms with Gasteiger partial charge in [-0.05, 0) is 37.5 Å². The summed E-state index contributed by atoms with van der Waals surface area (Å²) in [6.45, 7) is 9.32. The van der Waals surface area contributed by atoms with E-state index in [1.165, 1.54) is 89.9 Å². The standard InChI is InChI=1S/C20H41/c1-5-9-13-17-20(18-14-10-6-2)19(15-11-7-3)16-12-8-4/h19H,5-18H2,1-4H3. The molecule has 0 saturated carbocycles. The first kappa shape index (κ1) is 20.0. The Hall–Kier alpha value is 0. The Balaban J connectivity index is 4.33. The zero-order chi connectivity index (χ0) is 15.1. The Bertz CT molecular complexity index is 155. The van der Waals surface area contributed by atoms with Crippen molar-refractivity contribution in [2.24, 2.45) is 5.92 Å². The van der Waals surface area contributed by atoms with Gasteiger partial charge in [-0.2, -0.15) is 0 Å². The topological polar surface area (TPSA) is 0 Å². The Labute approximate surface area is 130 Å². The van der Waals surface area contributed by atoms with Crippen LogP contribution >= 0.6 is 0 Å². The minimum atomic E-state index is 0.948. The third kappa shape index (κ3) is 10.7. The van der Waals surface area contributed by atoms with Crippen LogP contribution in [-0.4, -0.2) is 0 Å². The molecule has 0 spiro atoms. The molecule has 0 aliphatic carbocycles. The summed E-state index contributed by atoms with van der Waals surface area (Å²) < 4.78 is 0. The zero-order valence-electron chi connectivity index (χ0n) is 15.0. The summed E-state index contributed by atoms with van der Waals surface area (Å²) in [5.74, 6) is 2.89. The molecule has 121 valence electrons.